The molecule has 0 saturated carbocycles. The first kappa shape index (κ1) is 15.2. The highest BCUT2D eigenvalue weighted by atomic mass is 79.9. The van der Waals surface area contributed by atoms with E-state index in [4.69, 9.17) is 5.73 Å². The second-order valence-corrected chi connectivity index (χ2v) is 5.97. The third kappa shape index (κ3) is 3.11. The fourth-order valence-electron chi connectivity index (χ4n) is 2.38. The van der Waals surface area contributed by atoms with Crippen molar-refractivity contribution < 1.29 is 5.11 Å². The molecular formula is C17H20BrNO. The minimum Gasteiger partial charge on any atom is -0.388 e. The van der Waals surface area contributed by atoms with Gasteiger partial charge in [0.05, 0.1) is 6.10 Å². The smallest absolute Gasteiger partial charge is 0.0881 e. The van der Waals surface area contributed by atoms with Crippen molar-refractivity contribution >= 4 is 15.9 Å². The van der Waals surface area contributed by atoms with Gasteiger partial charge in [-0.15, -0.1) is 0 Å². The number of hydrogen-bond donors (Lipinski definition) is 2. The van der Waals surface area contributed by atoms with Crippen molar-refractivity contribution in [2.75, 3.05) is 6.54 Å². The van der Waals surface area contributed by atoms with Crippen molar-refractivity contribution in [3.05, 3.63) is 69.2 Å². The minimum atomic E-state index is -0.614. The van der Waals surface area contributed by atoms with Gasteiger partial charge in [0, 0.05) is 16.9 Å². The first-order valence-electron chi connectivity index (χ1n) is 6.74. The first-order valence-corrected chi connectivity index (χ1v) is 7.53. The number of aliphatic hydroxyl groups excluding tert-OH is 1. The lowest BCUT2D eigenvalue weighted by Gasteiger charge is -2.24. The molecule has 2 atom stereocenters. The second kappa shape index (κ2) is 6.53. The molecule has 2 rings (SSSR count). The molecule has 106 valence electrons. The molecule has 2 aromatic carbocycles. The molecule has 3 heteroatoms. The Hall–Kier alpha value is -1.16. The lowest BCUT2D eigenvalue weighted by Crippen LogP contribution is -2.20. The van der Waals surface area contributed by atoms with Gasteiger partial charge in [0.15, 0.2) is 0 Å². The van der Waals surface area contributed by atoms with E-state index in [0.29, 0.717) is 6.54 Å². The van der Waals surface area contributed by atoms with Gasteiger partial charge in [-0.05, 0) is 30.5 Å². The van der Waals surface area contributed by atoms with Gasteiger partial charge in [0.2, 0.25) is 0 Å². The Morgan fingerprint density at radius 2 is 1.75 bits per heavy atom. The fraction of sp³-hybridized carbons (Fsp3) is 0.294. The van der Waals surface area contributed by atoms with Gasteiger partial charge in [-0.3, -0.25) is 0 Å². The quantitative estimate of drug-likeness (QED) is 0.892. The standard InChI is InChI=1S/C17H20BrNO/c1-11-6-8-13(9-7-11)15(10-19)17(20)14-5-3-4-12(2)16(14)18/h3-9,15,17,20H,10,19H2,1-2H3. The number of hydrogen-bond acceptors (Lipinski definition) is 2. The van der Waals surface area contributed by atoms with Gasteiger partial charge in [0.1, 0.15) is 0 Å². The average Bonchev–Trinajstić information content (AvgIpc) is 2.44. The molecule has 0 aliphatic rings. The maximum Gasteiger partial charge on any atom is 0.0881 e. The zero-order valence-electron chi connectivity index (χ0n) is 11.8. The Morgan fingerprint density at radius 3 is 2.35 bits per heavy atom. The number of benzene rings is 2. The van der Waals surface area contributed by atoms with E-state index in [-0.39, 0.29) is 5.92 Å². The number of aryl methyl sites for hydroxylation is 2. The normalized spacial score (nSPS) is 14.1. The molecule has 20 heavy (non-hydrogen) atoms. The molecule has 0 saturated heterocycles. The molecule has 0 heterocycles. The summed E-state index contributed by atoms with van der Waals surface area (Å²) in [6.07, 6.45) is -0.614. The summed E-state index contributed by atoms with van der Waals surface area (Å²) >= 11 is 3.56. The van der Waals surface area contributed by atoms with Crippen molar-refractivity contribution in [1.82, 2.24) is 0 Å². The zero-order valence-corrected chi connectivity index (χ0v) is 13.4. The molecule has 0 aliphatic carbocycles. The molecule has 0 spiro atoms. The molecule has 0 fully saturated rings. The van der Waals surface area contributed by atoms with Crippen LogP contribution in [-0.2, 0) is 0 Å². The van der Waals surface area contributed by atoms with Crippen LogP contribution in [0.25, 0.3) is 0 Å². The van der Waals surface area contributed by atoms with E-state index in [1.165, 1.54) is 5.56 Å². The molecular weight excluding hydrogens is 314 g/mol. The van der Waals surface area contributed by atoms with Crippen molar-refractivity contribution in [2.45, 2.75) is 25.9 Å². The highest BCUT2D eigenvalue weighted by Gasteiger charge is 2.23. The topological polar surface area (TPSA) is 46.2 Å². The van der Waals surface area contributed by atoms with Crippen LogP contribution in [0.2, 0.25) is 0 Å². The Kier molecular flexibility index (Phi) is 4.97. The van der Waals surface area contributed by atoms with Gasteiger partial charge in [-0.25, -0.2) is 0 Å². The lowest BCUT2D eigenvalue weighted by molar-refractivity contribution is 0.146. The third-order valence-corrected chi connectivity index (χ3v) is 4.76. The summed E-state index contributed by atoms with van der Waals surface area (Å²) in [4.78, 5) is 0. The first-order chi connectivity index (χ1) is 9.54. The Balaban J connectivity index is 2.36. The van der Waals surface area contributed by atoms with Crippen LogP contribution < -0.4 is 5.73 Å². The SMILES string of the molecule is Cc1ccc(C(CN)C(O)c2cccc(C)c2Br)cc1. The predicted molar refractivity (Wildman–Crippen MR) is 86.8 cm³/mol. The number of aliphatic hydroxyl groups is 1. The summed E-state index contributed by atoms with van der Waals surface area (Å²) in [6.45, 7) is 4.48. The van der Waals surface area contributed by atoms with Crippen LogP contribution >= 0.6 is 15.9 Å². The van der Waals surface area contributed by atoms with E-state index in [9.17, 15) is 5.11 Å². The maximum absolute atomic E-state index is 10.7. The Bertz CT molecular complexity index is 580. The number of nitrogens with two attached hydrogens (primary N) is 1. The van der Waals surface area contributed by atoms with Crippen molar-refractivity contribution in [1.29, 1.82) is 0 Å². The van der Waals surface area contributed by atoms with E-state index in [0.717, 1.165) is 21.2 Å². The summed E-state index contributed by atoms with van der Waals surface area (Å²) in [5.74, 6) is -0.103. The molecule has 0 bridgehead atoms. The zero-order chi connectivity index (χ0) is 14.7. The van der Waals surface area contributed by atoms with E-state index >= 15 is 0 Å². The molecule has 0 radical (unpaired) electrons. The number of halogens is 1. The van der Waals surface area contributed by atoms with Crippen LogP contribution in [0.1, 0.15) is 34.3 Å². The molecule has 2 unspecified atom stereocenters. The van der Waals surface area contributed by atoms with Gasteiger partial charge < -0.3 is 10.8 Å². The predicted octanol–water partition coefficient (Wildman–Crippen LogP) is 3.84. The second-order valence-electron chi connectivity index (χ2n) is 5.18. The van der Waals surface area contributed by atoms with Crippen LogP contribution in [0.3, 0.4) is 0 Å². The van der Waals surface area contributed by atoms with E-state index in [1.54, 1.807) is 0 Å². The average molecular weight is 334 g/mol. The summed E-state index contributed by atoms with van der Waals surface area (Å²) < 4.78 is 0.957. The minimum absolute atomic E-state index is 0.103. The monoisotopic (exact) mass is 333 g/mol. The van der Waals surface area contributed by atoms with Crippen LogP contribution in [0.4, 0.5) is 0 Å². The summed E-state index contributed by atoms with van der Waals surface area (Å²) in [5.41, 5.74) is 10.2. The lowest BCUT2D eigenvalue weighted by atomic mass is 9.88. The van der Waals surface area contributed by atoms with Crippen LogP contribution in [0.15, 0.2) is 46.9 Å². The summed E-state index contributed by atoms with van der Waals surface area (Å²) in [5, 5.41) is 10.7. The molecule has 3 N–H and O–H groups in total. The Labute approximate surface area is 128 Å². The van der Waals surface area contributed by atoms with Gasteiger partial charge in [-0.2, -0.15) is 0 Å². The molecule has 0 aromatic heterocycles. The van der Waals surface area contributed by atoms with E-state index in [2.05, 4.69) is 35.0 Å². The summed E-state index contributed by atoms with van der Waals surface area (Å²) in [7, 11) is 0. The molecule has 2 nitrogen and oxygen atoms in total. The summed E-state index contributed by atoms with van der Waals surface area (Å²) in [6, 6.07) is 14.1. The van der Waals surface area contributed by atoms with Crippen LogP contribution in [0.5, 0.6) is 0 Å². The van der Waals surface area contributed by atoms with Gasteiger partial charge in [0.25, 0.3) is 0 Å². The highest BCUT2D eigenvalue weighted by Crippen LogP contribution is 2.35. The van der Waals surface area contributed by atoms with E-state index in [1.807, 2.05) is 37.3 Å². The van der Waals surface area contributed by atoms with Crippen molar-refractivity contribution in [2.24, 2.45) is 5.73 Å². The molecule has 2 aromatic rings. The fourth-order valence-corrected chi connectivity index (χ4v) is 2.88. The maximum atomic E-state index is 10.7. The van der Waals surface area contributed by atoms with Crippen molar-refractivity contribution in [3.63, 3.8) is 0 Å². The molecule has 0 amide bonds. The Morgan fingerprint density at radius 1 is 1.10 bits per heavy atom. The van der Waals surface area contributed by atoms with Crippen molar-refractivity contribution in [3.8, 4) is 0 Å². The van der Waals surface area contributed by atoms with Crippen LogP contribution in [0, 0.1) is 13.8 Å². The largest absolute Gasteiger partial charge is 0.388 e. The third-order valence-electron chi connectivity index (χ3n) is 3.68. The number of rotatable bonds is 4. The van der Waals surface area contributed by atoms with E-state index < -0.39 is 6.10 Å². The van der Waals surface area contributed by atoms with Gasteiger partial charge in [-0.1, -0.05) is 64.0 Å². The van der Waals surface area contributed by atoms with Gasteiger partial charge >= 0.3 is 0 Å². The van der Waals surface area contributed by atoms with Crippen LogP contribution in [-0.4, -0.2) is 11.7 Å². The molecule has 0 aliphatic heterocycles. The highest BCUT2D eigenvalue weighted by molar-refractivity contribution is 9.10.